The van der Waals surface area contributed by atoms with Crippen molar-refractivity contribution in [3.8, 4) is 11.5 Å². The molecule has 4 aromatic rings. The van der Waals surface area contributed by atoms with Gasteiger partial charge in [-0.3, -0.25) is 29.6 Å². The molecule has 9 nitrogen and oxygen atoms in total. The highest BCUT2D eigenvalue weighted by Gasteiger charge is 2.35. The van der Waals surface area contributed by atoms with Crippen LogP contribution in [0.15, 0.2) is 97.1 Å². The molecule has 2 unspecified atom stereocenters. The molecule has 4 aromatic carbocycles. The molecule has 3 fully saturated rings. The molecular formula is C46H53N5O4. The number of piperidine rings is 1. The second-order valence-electron chi connectivity index (χ2n) is 15.6. The summed E-state index contributed by atoms with van der Waals surface area (Å²) in [7, 11) is 0. The van der Waals surface area contributed by atoms with Crippen molar-refractivity contribution in [2.75, 3.05) is 63.9 Å². The fourth-order valence-corrected chi connectivity index (χ4v) is 8.99. The van der Waals surface area contributed by atoms with E-state index in [0.29, 0.717) is 25.4 Å². The van der Waals surface area contributed by atoms with Crippen LogP contribution in [0.1, 0.15) is 60.4 Å². The van der Waals surface area contributed by atoms with Crippen LogP contribution in [-0.2, 0) is 22.7 Å². The summed E-state index contributed by atoms with van der Waals surface area (Å²) in [6, 6.07) is 33.1. The van der Waals surface area contributed by atoms with E-state index < -0.39 is 0 Å². The lowest BCUT2D eigenvalue weighted by Gasteiger charge is -2.37. The molecule has 8 rings (SSSR count). The van der Waals surface area contributed by atoms with Gasteiger partial charge in [0.1, 0.15) is 18.1 Å². The zero-order valence-corrected chi connectivity index (χ0v) is 32.0. The molecular weight excluding hydrogens is 687 g/mol. The SMILES string of the molecule is CC/C(=C(\c1ccc(O)cc1)c1ccc(OCCN2CCC(CN3CCN(c4ccc5c(c4)CN(C4CCC(=O)NC4=O)C5)CC3)C2)cc1)c1ccccc1. The van der Waals surface area contributed by atoms with E-state index in [0.717, 1.165) is 88.7 Å². The van der Waals surface area contributed by atoms with Crippen molar-refractivity contribution < 1.29 is 19.4 Å². The number of piperazine rings is 1. The summed E-state index contributed by atoms with van der Waals surface area (Å²) in [5.41, 5.74) is 9.73. The zero-order chi connectivity index (χ0) is 37.7. The number of aromatic hydroxyl groups is 1. The van der Waals surface area contributed by atoms with Crippen LogP contribution in [0.3, 0.4) is 0 Å². The van der Waals surface area contributed by atoms with Gasteiger partial charge in [0.05, 0.1) is 6.04 Å². The maximum atomic E-state index is 12.5. The lowest BCUT2D eigenvalue weighted by molar-refractivity contribution is -0.137. The van der Waals surface area contributed by atoms with Crippen molar-refractivity contribution in [1.29, 1.82) is 0 Å². The first-order valence-corrected chi connectivity index (χ1v) is 20.1. The lowest BCUT2D eigenvalue weighted by atomic mass is 9.88. The highest BCUT2D eigenvalue weighted by molar-refractivity contribution is 6.00. The number of amides is 2. The summed E-state index contributed by atoms with van der Waals surface area (Å²) >= 11 is 0. The van der Waals surface area contributed by atoms with Gasteiger partial charge in [0.2, 0.25) is 11.8 Å². The van der Waals surface area contributed by atoms with E-state index in [1.54, 1.807) is 12.1 Å². The number of carbonyl (C=O) groups excluding carboxylic acids is 2. The first kappa shape index (κ1) is 37.0. The molecule has 4 aliphatic rings. The number of phenolic OH excluding ortho intramolecular Hbond substituents is 1. The molecule has 286 valence electrons. The third kappa shape index (κ3) is 8.64. The van der Waals surface area contributed by atoms with Crippen LogP contribution in [0.25, 0.3) is 11.1 Å². The number of likely N-dealkylation sites (tertiary alicyclic amines) is 1. The Balaban J connectivity index is 0.791. The maximum absolute atomic E-state index is 12.5. The number of imide groups is 1. The van der Waals surface area contributed by atoms with Crippen LogP contribution in [0, 0.1) is 5.92 Å². The second kappa shape index (κ2) is 16.8. The molecule has 4 aliphatic heterocycles. The van der Waals surface area contributed by atoms with Crippen molar-refractivity contribution >= 4 is 28.6 Å². The van der Waals surface area contributed by atoms with E-state index >= 15 is 0 Å². The number of nitrogens with zero attached hydrogens (tertiary/aromatic N) is 4. The third-order valence-corrected chi connectivity index (χ3v) is 12.0. The maximum Gasteiger partial charge on any atom is 0.243 e. The van der Waals surface area contributed by atoms with Gasteiger partial charge >= 0.3 is 0 Å². The van der Waals surface area contributed by atoms with Crippen molar-refractivity contribution in [3.05, 3.63) is 125 Å². The van der Waals surface area contributed by atoms with Gasteiger partial charge in [-0.25, -0.2) is 0 Å². The molecule has 2 amide bonds. The van der Waals surface area contributed by atoms with Crippen molar-refractivity contribution in [1.82, 2.24) is 20.0 Å². The highest BCUT2D eigenvalue weighted by atomic mass is 16.5. The Morgan fingerprint density at radius 3 is 2.24 bits per heavy atom. The first-order chi connectivity index (χ1) is 26.9. The molecule has 0 spiro atoms. The zero-order valence-electron chi connectivity index (χ0n) is 32.0. The number of ether oxygens (including phenoxy) is 1. The Morgan fingerprint density at radius 1 is 0.782 bits per heavy atom. The number of hydrogen-bond acceptors (Lipinski definition) is 8. The fraction of sp³-hybridized carbons (Fsp3) is 0.391. The molecule has 0 bridgehead atoms. The molecule has 0 aliphatic carbocycles. The number of hydrogen-bond donors (Lipinski definition) is 2. The molecule has 2 N–H and O–H groups in total. The van der Waals surface area contributed by atoms with Gasteiger partial charge < -0.3 is 14.7 Å². The van der Waals surface area contributed by atoms with Crippen LogP contribution in [0.2, 0.25) is 0 Å². The number of phenols is 1. The van der Waals surface area contributed by atoms with Crippen LogP contribution in [0.5, 0.6) is 11.5 Å². The van der Waals surface area contributed by atoms with Crippen LogP contribution < -0.4 is 15.0 Å². The van der Waals surface area contributed by atoms with E-state index in [4.69, 9.17) is 4.74 Å². The van der Waals surface area contributed by atoms with Gasteiger partial charge in [-0.1, -0.05) is 67.6 Å². The Kier molecular flexibility index (Phi) is 11.3. The summed E-state index contributed by atoms with van der Waals surface area (Å²) in [5.74, 6) is 1.53. The number of anilines is 1. The predicted molar refractivity (Wildman–Crippen MR) is 218 cm³/mol. The van der Waals surface area contributed by atoms with Gasteiger partial charge in [0.15, 0.2) is 0 Å². The van der Waals surface area contributed by atoms with E-state index in [2.05, 4.69) is 98.6 Å². The average molecular weight is 740 g/mol. The molecule has 4 heterocycles. The molecule has 9 heteroatoms. The predicted octanol–water partition coefficient (Wildman–Crippen LogP) is 6.41. The van der Waals surface area contributed by atoms with Gasteiger partial charge in [0, 0.05) is 71.0 Å². The molecule has 0 aromatic heterocycles. The van der Waals surface area contributed by atoms with Crippen LogP contribution in [-0.4, -0.2) is 96.6 Å². The number of nitrogens with one attached hydrogen (secondary N) is 1. The van der Waals surface area contributed by atoms with Gasteiger partial charge in [-0.2, -0.15) is 0 Å². The minimum absolute atomic E-state index is 0.152. The topological polar surface area (TPSA) is 88.6 Å². The second-order valence-corrected chi connectivity index (χ2v) is 15.6. The number of benzene rings is 4. The Labute approximate surface area is 325 Å². The lowest BCUT2D eigenvalue weighted by Crippen LogP contribution is -2.50. The quantitative estimate of drug-likeness (QED) is 0.128. The number of allylic oxidation sites excluding steroid dienone is 1. The molecule has 2 atom stereocenters. The Hall–Kier alpha value is -4.96. The molecule has 3 saturated heterocycles. The largest absolute Gasteiger partial charge is 0.508 e. The first-order valence-electron chi connectivity index (χ1n) is 20.1. The van der Waals surface area contributed by atoms with Crippen LogP contribution >= 0.6 is 0 Å². The third-order valence-electron chi connectivity index (χ3n) is 12.0. The molecule has 0 radical (unpaired) electrons. The van der Waals surface area contributed by atoms with Gasteiger partial charge in [-0.05, 0) is 107 Å². The highest BCUT2D eigenvalue weighted by Crippen LogP contribution is 2.36. The monoisotopic (exact) mass is 739 g/mol. The van der Waals surface area contributed by atoms with Crippen molar-refractivity contribution in [2.24, 2.45) is 5.92 Å². The summed E-state index contributed by atoms with van der Waals surface area (Å²) < 4.78 is 6.27. The van der Waals surface area contributed by atoms with Gasteiger partial charge in [0.25, 0.3) is 0 Å². The van der Waals surface area contributed by atoms with Crippen molar-refractivity contribution in [3.63, 3.8) is 0 Å². The van der Waals surface area contributed by atoms with Crippen LogP contribution in [0.4, 0.5) is 5.69 Å². The Morgan fingerprint density at radius 2 is 1.51 bits per heavy atom. The fourth-order valence-electron chi connectivity index (χ4n) is 8.99. The summed E-state index contributed by atoms with van der Waals surface area (Å²) in [6.07, 6.45) is 3.14. The van der Waals surface area contributed by atoms with E-state index in [-0.39, 0.29) is 23.6 Å². The Bertz CT molecular complexity index is 1990. The summed E-state index contributed by atoms with van der Waals surface area (Å²) in [5, 5.41) is 12.5. The number of fused-ring (bicyclic) bond motifs is 1. The molecule has 55 heavy (non-hydrogen) atoms. The number of carbonyl (C=O) groups is 2. The summed E-state index contributed by atoms with van der Waals surface area (Å²) in [6.45, 7) is 12.9. The normalized spacial score (nSPS) is 21.4. The van der Waals surface area contributed by atoms with Crippen molar-refractivity contribution in [2.45, 2.75) is 51.7 Å². The van der Waals surface area contributed by atoms with E-state index in [9.17, 15) is 14.7 Å². The minimum atomic E-state index is -0.219. The standard InChI is InChI=1S/C46H53N5O4/c1-2-42(34-6-4-3-5-7-34)45(35-9-14-40(52)15-10-35)36-11-16-41(17-12-36)55-27-26-48-21-20-33(29-48)30-49-22-24-50(25-23-49)39-13-8-37-31-51(32-38(37)28-39)43-18-19-44(53)47-46(43)54/h3-17,28,33,43,52H,2,18-27,29-32H2,1H3,(H,47,53,54)/b45-42-. The van der Waals surface area contributed by atoms with E-state index in [1.165, 1.54) is 39.9 Å². The smallest absolute Gasteiger partial charge is 0.243 e. The molecule has 0 saturated carbocycles. The van der Waals surface area contributed by atoms with E-state index in [1.807, 2.05) is 18.2 Å². The minimum Gasteiger partial charge on any atom is -0.508 e. The number of rotatable bonds is 12. The van der Waals surface area contributed by atoms with Gasteiger partial charge in [-0.15, -0.1) is 0 Å². The summed E-state index contributed by atoms with van der Waals surface area (Å²) in [4.78, 5) is 34.0. The average Bonchev–Trinajstić information content (AvgIpc) is 3.85.